The molecule has 1 fully saturated rings. The van der Waals surface area contributed by atoms with Crippen LogP contribution in [0.25, 0.3) is 11.4 Å². The Kier molecular flexibility index (Phi) is 6.47. The maximum atomic E-state index is 12.8. The predicted molar refractivity (Wildman–Crippen MR) is 119 cm³/mol. The van der Waals surface area contributed by atoms with Crippen molar-refractivity contribution >= 4 is 17.7 Å². The third kappa shape index (κ3) is 4.90. The van der Waals surface area contributed by atoms with E-state index in [1.807, 2.05) is 35.2 Å². The van der Waals surface area contributed by atoms with Gasteiger partial charge in [0.1, 0.15) is 0 Å². The highest BCUT2D eigenvalue weighted by Crippen LogP contribution is 2.26. The van der Waals surface area contributed by atoms with Crippen LogP contribution in [0.3, 0.4) is 0 Å². The number of likely N-dealkylation sites (tertiary alicyclic amines) is 1. The Labute approximate surface area is 181 Å². The number of thioether (sulfide) groups is 1. The van der Waals surface area contributed by atoms with Crippen LogP contribution in [-0.2, 0) is 11.3 Å². The molecule has 0 bridgehead atoms. The minimum atomic E-state index is 0.176. The van der Waals surface area contributed by atoms with Crippen LogP contribution in [0.2, 0.25) is 0 Å². The van der Waals surface area contributed by atoms with E-state index in [0.717, 1.165) is 35.2 Å². The summed E-state index contributed by atoms with van der Waals surface area (Å²) in [5.74, 6) is 2.43. The molecule has 0 spiro atoms. The number of carbonyl (C=O) groups excluding carboxylic acids is 1. The van der Waals surface area contributed by atoms with E-state index in [4.69, 9.17) is 0 Å². The standard InChI is InChI=1S/C23H27N5OS/c1-17-11-18(2)14-27(13-17)21(29)16-30-23-26-25-22(20-9-6-10-24-12-20)28(23)15-19-7-4-3-5-8-19/h3-10,12,17-18H,11,13-16H2,1-2H3/t17-,18-/m0/s1. The fraction of sp³-hybridized carbons (Fsp3) is 0.391. The first-order valence-corrected chi connectivity index (χ1v) is 11.4. The maximum Gasteiger partial charge on any atom is 0.233 e. The van der Waals surface area contributed by atoms with Gasteiger partial charge in [-0.1, -0.05) is 55.9 Å². The molecule has 0 unspecified atom stereocenters. The van der Waals surface area contributed by atoms with Gasteiger partial charge in [0, 0.05) is 31.0 Å². The van der Waals surface area contributed by atoms with E-state index in [1.165, 1.54) is 18.2 Å². The molecule has 0 radical (unpaired) electrons. The third-order valence-corrected chi connectivity index (χ3v) is 6.32. The highest BCUT2D eigenvalue weighted by atomic mass is 32.2. The largest absolute Gasteiger partial charge is 0.341 e. The van der Waals surface area contributed by atoms with Crippen LogP contribution < -0.4 is 0 Å². The van der Waals surface area contributed by atoms with E-state index in [9.17, 15) is 4.79 Å². The summed E-state index contributed by atoms with van der Waals surface area (Å²) >= 11 is 1.46. The quantitative estimate of drug-likeness (QED) is 0.563. The summed E-state index contributed by atoms with van der Waals surface area (Å²) in [6.07, 6.45) is 4.73. The second-order valence-corrected chi connectivity index (χ2v) is 9.10. The molecule has 1 aliphatic rings. The van der Waals surface area contributed by atoms with E-state index in [0.29, 0.717) is 24.1 Å². The first-order valence-electron chi connectivity index (χ1n) is 10.4. The molecule has 1 aliphatic heterocycles. The Morgan fingerprint density at radius 3 is 2.53 bits per heavy atom. The number of aromatic nitrogens is 4. The second-order valence-electron chi connectivity index (χ2n) is 8.15. The predicted octanol–water partition coefficient (Wildman–Crippen LogP) is 3.99. The average Bonchev–Trinajstić information content (AvgIpc) is 3.15. The lowest BCUT2D eigenvalue weighted by atomic mass is 9.92. The van der Waals surface area contributed by atoms with Crippen molar-refractivity contribution in [3.8, 4) is 11.4 Å². The number of nitrogens with zero attached hydrogens (tertiary/aromatic N) is 5. The van der Waals surface area contributed by atoms with Crippen molar-refractivity contribution in [3.63, 3.8) is 0 Å². The van der Waals surface area contributed by atoms with Crippen molar-refractivity contribution in [1.82, 2.24) is 24.6 Å². The van der Waals surface area contributed by atoms with Crippen molar-refractivity contribution < 1.29 is 4.79 Å². The van der Waals surface area contributed by atoms with Crippen LogP contribution in [0.1, 0.15) is 25.8 Å². The number of benzene rings is 1. The number of rotatable bonds is 6. The minimum absolute atomic E-state index is 0.176. The van der Waals surface area contributed by atoms with E-state index in [-0.39, 0.29) is 5.91 Å². The van der Waals surface area contributed by atoms with Gasteiger partial charge in [0.2, 0.25) is 5.91 Å². The van der Waals surface area contributed by atoms with Gasteiger partial charge in [-0.2, -0.15) is 0 Å². The van der Waals surface area contributed by atoms with Crippen LogP contribution in [0, 0.1) is 11.8 Å². The molecule has 1 amide bonds. The van der Waals surface area contributed by atoms with Gasteiger partial charge in [0.25, 0.3) is 0 Å². The van der Waals surface area contributed by atoms with Crippen LogP contribution in [0.4, 0.5) is 0 Å². The molecule has 30 heavy (non-hydrogen) atoms. The Morgan fingerprint density at radius 2 is 1.83 bits per heavy atom. The third-order valence-electron chi connectivity index (χ3n) is 5.37. The summed E-state index contributed by atoms with van der Waals surface area (Å²) < 4.78 is 2.08. The lowest BCUT2D eigenvalue weighted by Crippen LogP contribution is -2.43. The number of carbonyl (C=O) groups is 1. The van der Waals surface area contributed by atoms with E-state index >= 15 is 0 Å². The van der Waals surface area contributed by atoms with Gasteiger partial charge in [0.15, 0.2) is 11.0 Å². The van der Waals surface area contributed by atoms with Crippen LogP contribution in [0.5, 0.6) is 0 Å². The molecule has 0 saturated carbocycles. The van der Waals surface area contributed by atoms with Gasteiger partial charge in [-0.05, 0) is 36.0 Å². The molecule has 156 valence electrons. The van der Waals surface area contributed by atoms with Crippen LogP contribution in [0.15, 0.2) is 60.0 Å². The summed E-state index contributed by atoms with van der Waals surface area (Å²) in [7, 11) is 0. The Hall–Kier alpha value is -2.67. The molecule has 0 N–H and O–H groups in total. The monoisotopic (exact) mass is 421 g/mol. The molecule has 3 aromatic rings. The SMILES string of the molecule is C[C@H]1C[C@H](C)CN(C(=O)CSc2nnc(-c3cccnc3)n2Cc2ccccc2)C1. The number of piperidine rings is 1. The van der Waals surface area contributed by atoms with E-state index in [2.05, 4.69) is 45.7 Å². The highest BCUT2D eigenvalue weighted by Gasteiger charge is 2.26. The average molecular weight is 422 g/mol. The number of pyridine rings is 1. The zero-order valence-corrected chi connectivity index (χ0v) is 18.3. The molecular weight excluding hydrogens is 394 g/mol. The molecule has 7 heteroatoms. The topological polar surface area (TPSA) is 63.9 Å². The van der Waals surface area contributed by atoms with Crippen LogP contribution >= 0.6 is 11.8 Å². The zero-order valence-electron chi connectivity index (χ0n) is 17.4. The molecule has 2 atom stereocenters. The van der Waals surface area contributed by atoms with Gasteiger partial charge >= 0.3 is 0 Å². The molecular formula is C23H27N5OS. The van der Waals surface area contributed by atoms with Gasteiger partial charge in [-0.15, -0.1) is 10.2 Å². The minimum Gasteiger partial charge on any atom is -0.341 e. The fourth-order valence-corrected chi connectivity index (χ4v) is 4.94. The van der Waals surface area contributed by atoms with Crippen LogP contribution in [-0.4, -0.2) is 49.4 Å². The lowest BCUT2D eigenvalue weighted by molar-refractivity contribution is -0.130. The molecule has 4 rings (SSSR count). The molecule has 2 aromatic heterocycles. The van der Waals surface area contributed by atoms with Crippen molar-refractivity contribution in [3.05, 3.63) is 60.4 Å². The van der Waals surface area contributed by atoms with E-state index in [1.54, 1.807) is 12.4 Å². The Morgan fingerprint density at radius 1 is 1.07 bits per heavy atom. The summed E-state index contributed by atoms with van der Waals surface area (Å²) in [6, 6.07) is 14.1. The van der Waals surface area contributed by atoms with Gasteiger partial charge in [-0.3, -0.25) is 14.3 Å². The van der Waals surface area contributed by atoms with Gasteiger partial charge in [-0.25, -0.2) is 0 Å². The summed E-state index contributed by atoms with van der Waals surface area (Å²) in [6.45, 7) is 6.79. The second kappa shape index (κ2) is 9.43. The number of hydrogen-bond acceptors (Lipinski definition) is 5. The molecule has 0 aliphatic carbocycles. The molecule has 3 heterocycles. The lowest BCUT2D eigenvalue weighted by Gasteiger charge is -2.35. The first kappa shape index (κ1) is 20.6. The molecule has 6 nitrogen and oxygen atoms in total. The van der Waals surface area contributed by atoms with Crippen molar-refractivity contribution in [2.45, 2.75) is 32.0 Å². The summed E-state index contributed by atoms with van der Waals surface area (Å²) in [5, 5.41) is 9.59. The normalized spacial score (nSPS) is 19.1. The molecule has 1 aromatic carbocycles. The zero-order chi connectivity index (χ0) is 20.9. The van der Waals surface area contributed by atoms with Crippen molar-refractivity contribution in [1.29, 1.82) is 0 Å². The van der Waals surface area contributed by atoms with E-state index < -0.39 is 0 Å². The first-order chi connectivity index (χ1) is 14.6. The summed E-state index contributed by atoms with van der Waals surface area (Å²) in [5.41, 5.74) is 2.08. The summed E-state index contributed by atoms with van der Waals surface area (Å²) in [4.78, 5) is 19.1. The van der Waals surface area contributed by atoms with Gasteiger partial charge in [0.05, 0.1) is 12.3 Å². The highest BCUT2D eigenvalue weighted by molar-refractivity contribution is 7.99. The molecule has 1 saturated heterocycles. The maximum absolute atomic E-state index is 12.8. The van der Waals surface area contributed by atoms with Crippen molar-refractivity contribution in [2.75, 3.05) is 18.8 Å². The van der Waals surface area contributed by atoms with Crippen molar-refractivity contribution in [2.24, 2.45) is 11.8 Å². The number of amides is 1. The fourth-order valence-electron chi connectivity index (χ4n) is 4.10. The Bertz CT molecular complexity index is 966. The number of hydrogen-bond donors (Lipinski definition) is 0. The Balaban J connectivity index is 1.54. The van der Waals surface area contributed by atoms with Gasteiger partial charge < -0.3 is 4.90 Å². The smallest absolute Gasteiger partial charge is 0.233 e.